The number of ether oxygens (including phenoxy) is 1. The lowest BCUT2D eigenvalue weighted by Gasteiger charge is -2.21. The van der Waals surface area contributed by atoms with E-state index in [0.717, 1.165) is 18.2 Å². The Morgan fingerprint density at radius 2 is 2.19 bits per heavy atom. The first-order valence-corrected chi connectivity index (χ1v) is 7.30. The van der Waals surface area contributed by atoms with Crippen molar-refractivity contribution < 1.29 is 14.3 Å². The van der Waals surface area contributed by atoms with Crippen molar-refractivity contribution in [3.63, 3.8) is 0 Å². The Hall–Kier alpha value is -1.94. The van der Waals surface area contributed by atoms with E-state index in [1.807, 2.05) is 0 Å². The quantitative estimate of drug-likeness (QED) is 0.796. The molecule has 1 atom stereocenters. The van der Waals surface area contributed by atoms with Crippen LogP contribution in [0.1, 0.15) is 36.0 Å². The highest BCUT2D eigenvalue weighted by Gasteiger charge is 2.27. The van der Waals surface area contributed by atoms with E-state index in [9.17, 15) is 9.59 Å². The van der Waals surface area contributed by atoms with Crippen molar-refractivity contribution in [2.75, 3.05) is 0 Å². The Morgan fingerprint density at radius 3 is 3.00 bits per heavy atom. The van der Waals surface area contributed by atoms with Crippen LogP contribution in [0.25, 0.3) is 10.8 Å². The number of rotatable bonds is 2. The third-order valence-corrected chi connectivity index (χ3v) is 3.91. The predicted molar refractivity (Wildman–Crippen MR) is 79.4 cm³/mol. The number of hydrogen-bond acceptors (Lipinski definition) is 4. The number of pyridine rings is 1. The van der Waals surface area contributed by atoms with E-state index in [0.29, 0.717) is 28.8 Å². The van der Waals surface area contributed by atoms with Crippen LogP contribution >= 0.6 is 11.6 Å². The van der Waals surface area contributed by atoms with Gasteiger partial charge in [-0.1, -0.05) is 11.6 Å². The lowest BCUT2D eigenvalue weighted by molar-refractivity contribution is -0.129. The summed E-state index contributed by atoms with van der Waals surface area (Å²) in [7, 11) is 0. The van der Waals surface area contributed by atoms with E-state index in [1.54, 1.807) is 30.6 Å². The number of halogens is 1. The fraction of sp³-hybridized carbons (Fsp3) is 0.312. The molecule has 21 heavy (non-hydrogen) atoms. The number of carbonyl (C=O) groups is 2. The molecule has 0 bridgehead atoms. The maximum atomic E-state index is 12.4. The number of Topliss-reactive ketones (excluding diaryl/α,β-unsaturated/α-hetero) is 1. The number of benzene rings is 1. The summed E-state index contributed by atoms with van der Waals surface area (Å²) in [5.74, 6) is -0.519. The number of esters is 1. The topological polar surface area (TPSA) is 56.3 Å². The zero-order valence-corrected chi connectivity index (χ0v) is 12.1. The molecule has 1 heterocycles. The van der Waals surface area contributed by atoms with Crippen LogP contribution in [-0.2, 0) is 9.53 Å². The van der Waals surface area contributed by atoms with Gasteiger partial charge < -0.3 is 4.74 Å². The molecule has 0 radical (unpaired) electrons. The van der Waals surface area contributed by atoms with E-state index in [4.69, 9.17) is 16.3 Å². The maximum Gasteiger partial charge on any atom is 0.339 e. The molecule has 0 N–H and O–H groups in total. The zero-order valence-electron chi connectivity index (χ0n) is 11.3. The minimum absolute atomic E-state index is 0.000872. The van der Waals surface area contributed by atoms with Gasteiger partial charge in [0.25, 0.3) is 0 Å². The van der Waals surface area contributed by atoms with Crippen molar-refractivity contribution in [2.45, 2.75) is 31.8 Å². The molecule has 1 aliphatic rings. The molecule has 5 heteroatoms. The molecule has 0 aliphatic heterocycles. The van der Waals surface area contributed by atoms with Gasteiger partial charge in [-0.15, -0.1) is 0 Å². The molecule has 1 aromatic carbocycles. The van der Waals surface area contributed by atoms with Crippen LogP contribution in [-0.4, -0.2) is 22.8 Å². The van der Waals surface area contributed by atoms with E-state index in [2.05, 4.69) is 4.98 Å². The van der Waals surface area contributed by atoms with Gasteiger partial charge in [0.05, 0.1) is 5.56 Å². The molecule has 1 aliphatic carbocycles. The Bertz CT molecular complexity index is 714. The summed E-state index contributed by atoms with van der Waals surface area (Å²) in [5.41, 5.74) is 0.351. The molecule has 1 aromatic heterocycles. The average Bonchev–Trinajstić information content (AvgIpc) is 2.48. The summed E-state index contributed by atoms with van der Waals surface area (Å²) < 4.78 is 5.38. The molecule has 0 saturated heterocycles. The van der Waals surface area contributed by atoms with Gasteiger partial charge in [-0.25, -0.2) is 4.79 Å². The molecule has 3 rings (SSSR count). The van der Waals surface area contributed by atoms with Crippen LogP contribution < -0.4 is 0 Å². The predicted octanol–water partition coefficient (Wildman–Crippen LogP) is 3.56. The van der Waals surface area contributed by atoms with Gasteiger partial charge >= 0.3 is 5.97 Å². The van der Waals surface area contributed by atoms with Gasteiger partial charge in [0.1, 0.15) is 0 Å². The molecular formula is C16H14ClNO3. The second-order valence-electron chi connectivity index (χ2n) is 5.16. The first-order chi connectivity index (χ1) is 10.1. The van der Waals surface area contributed by atoms with Crippen LogP contribution in [0.2, 0.25) is 5.02 Å². The highest BCUT2D eigenvalue weighted by atomic mass is 35.5. The lowest BCUT2D eigenvalue weighted by atomic mass is 9.96. The molecule has 1 unspecified atom stereocenters. The van der Waals surface area contributed by atoms with Gasteiger partial charge in [0, 0.05) is 29.2 Å². The second-order valence-corrected chi connectivity index (χ2v) is 5.59. The van der Waals surface area contributed by atoms with Crippen LogP contribution in [0.5, 0.6) is 0 Å². The third kappa shape index (κ3) is 2.90. The van der Waals surface area contributed by atoms with Gasteiger partial charge in [-0.05, 0) is 42.8 Å². The average molecular weight is 304 g/mol. The third-order valence-electron chi connectivity index (χ3n) is 3.69. The maximum absolute atomic E-state index is 12.4. The van der Waals surface area contributed by atoms with Crippen LogP contribution in [0, 0.1) is 0 Å². The van der Waals surface area contributed by atoms with Gasteiger partial charge in [0.2, 0.25) is 0 Å². The van der Waals surface area contributed by atoms with Crippen molar-refractivity contribution in [1.82, 2.24) is 4.98 Å². The Labute approximate surface area is 127 Å². The molecule has 2 aromatic rings. The van der Waals surface area contributed by atoms with Crippen molar-refractivity contribution in [3.05, 3.63) is 41.2 Å². The Balaban J connectivity index is 1.92. The smallest absolute Gasteiger partial charge is 0.339 e. The summed E-state index contributed by atoms with van der Waals surface area (Å²) in [5, 5.41) is 1.95. The number of nitrogens with zero attached hydrogens (tertiary/aromatic N) is 1. The normalized spacial score (nSPS) is 18.7. The Kier molecular flexibility index (Phi) is 3.88. The number of hydrogen-bond donors (Lipinski definition) is 0. The van der Waals surface area contributed by atoms with Crippen molar-refractivity contribution in [1.29, 1.82) is 0 Å². The molecule has 1 saturated carbocycles. The van der Waals surface area contributed by atoms with E-state index >= 15 is 0 Å². The summed E-state index contributed by atoms with van der Waals surface area (Å²) in [6, 6.07) is 5.10. The van der Waals surface area contributed by atoms with Gasteiger partial charge in [-0.2, -0.15) is 0 Å². The fourth-order valence-corrected chi connectivity index (χ4v) is 2.83. The second kappa shape index (κ2) is 5.82. The minimum Gasteiger partial charge on any atom is -0.451 e. The molecular weight excluding hydrogens is 290 g/mol. The van der Waals surface area contributed by atoms with Crippen LogP contribution in [0.3, 0.4) is 0 Å². The van der Waals surface area contributed by atoms with Gasteiger partial charge in [0.15, 0.2) is 11.9 Å². The molecule has 4 nitrogen and oxygen atoms in total. The van der Waals surface area contributed by atoms with Crippen LogP contribution in [0.15, 0.2) is 30.6 Å². The largest absolute Gasteiger partial charge is 0.451 e. The minimum atomic E-state index is -0.628. The standard InChI is InChI=1S/C16H14ClNO3/c17-11-7-10-5-6-18-9-13(10)12(8-11)16(20)21-15-4-2-1-3-14(15)19/h5-9,15H,1-4H2. The zero-order chi connectivity index (χ0) is 14.8. The molecule has 0 spiro atoms. The van der Waals surface area contributed by atoms with Crippen molar-refractivity contribution in [3.8, 4) is 0 Å². The van der Waals surface area contributed by atoms with Crippen molar-refractivity contribution >= 4 is 34.1 Å². The van der Waals surface area contributed by atoms with Gasteiger partial charge in [-0.3, -0.25) is 9.78 Å². The van der Waals surface area contributed by atoms with Crippen LogP contribution in [0.4, 0.5) is 0 Å². The number of aromatic nitrogens is 1. The Morgan fingerprint density at radius 1 is 1.33 bits per heavy atom. The number of fused-ring (bicyclic) bond motifs is 1. The fourth-order valence-electron chi connectivity index (χ4n) is 2.60. The molecule has 0 amide bonds. The first kappa shape index (κ1) is 14.0. The van der Waals surface area contributed by atoms with Crippen molar-refractivity contribution in [2.24, 2.45) is 0 Å². The number of carbonyl (C=O) groups excluding carboxylic acids is 2. The van der Waals surface area contributed by atoms with E-state index in [1.165, 1.54) is 0 Å². The molecule has 108 valence electrons. The summed E-state index contributed by atoms with van der Waals surface area (Å²) >= 11 is 6.04. The molecule has 1 fully saturated rings. The summed E-state index contributed by atoms with van der Waals surface area (Å²) in [6.07, 6.45) is 5.47. The summed E-state index contributed by atoms with van der Waals surface area (Å²) in [6.45, 7) is 0. The summed E-state index contributed by atoms with van der Waals surface area (Å²) in [4.78, 5) is 28.2. The SMILES string of the molecule is O=C(OC1CCCCC1=O)c1cc(Cl)cc2ccncc12. The highest BCUT2D eigenvalue weighted by Crippen LogP contribution is 2.25. The lowest BCUT2D eigenvalue weighted by Crippen LogP contribution is -2.30. The number of ketones is 1. The monoisotopic (exact) mass is 303 g/mol. The van der Waals surface area contributed by atoms with E-state index < -0.39 is 12.1 Å². The first-order valence-electron chi connectivity index (χ1n) is 6.92. The van der Waals surface area contributed by atoms with E-state index in [-0.39, 0.29) is 5.78 Å². The highest BCUT2D eigenvalue weighted by molar-refractivity contribution is 6.32.